The predicted molar refractivity (Wildman–Crippen MR) is 61.3 cm³/mol. The zero-order valence-electron chi connectivity index (χ0n) is 7.06. The highest BCUT2D eigenvalue weighted by molar-refractivity contribution is 14.1. The Morgan fingerprint density at radius 3 is 2.36 bits per heavy atom. The van der Waals surface area contributed by atoms with Gasteiger partial charge in [0.15, 0.2) is 0 Å². The fraction of sp³-hybridized carbons (Fsp3) is 0.600. The second-order valence-electron chi connectivity index (χ2n) is 2.52. The van der Waals surface area contributed by atoms with Crippen LogP contribution >= 0.6 is 22.6 Å². The Bertz CT molecular complexity index is 105. The van der Waals surface area contributed by atoms with Gasteiger partial charge in [-0.15, -0.1) is 6.58 Å². The molecule has 0 saturated carbocycles. The van der Waals surface area contributed by atoms with Crippen molar-refractivity contribution in [3.63, 3.8) is 0 Å². The number of allylic oxidation sites excluding steroid dienone is 3. The zero-order valence-corrected chi connectivity index (χ0v) is 9.22. The van der Waals surface area contributed by atoms with E-state index in [1.807, 2.05) is 6.08 Å². The van der Waals surface area contributed by atoms with Crippen molar-refractivity contribution in [1.29, 1.82) is 0 Å². The van der Waals surface area contributed by atoms with E-state index in [1.54, 1.807) is 0 Å². The molecule has 0 heterocycles. The molecule has 0 unspecified atom stereocenters. The molecular weight excluding hydrogens is 247 g/mol. The number of hydrogen-bond acceptors (Lipinski definition) is 0. The molecule has 0 aromatic heterocycles. The second-order valence-corrected chi connectivity index (χ2v) is 3.60. The lowest BCUT2D eigenvalue weighted by molar-refractivity contribution is 0.827. The standard InChI is InChI=1S/C10H17I/c1-2-3-4-5-6-7-8-9-10-11/h2,5-6H,1,3-4,7-10H2/b6-5-. The van der Waals surface area contributed by atoms with E-state index in [0.29, 0.717) is 0 Å². The summed E-state index contributed by atoms with van der Waals surface area (Å²) in [6.07, 6.45) is 12.7. The van der Waals surface area contributed by atoms with E-state index in [0.717, 1.165) is 12.8 Å². The Hall–Kier alpha value is 0.210. The van der Waals surface area contributed by atoms with Crippen molar-refractivity contribution in [2.24, 2.45) is 0 Å². The van der Waals surface area contributed by atoms with Gasteiger partial charge in [-0.1, -0.05) is 40.8 Å². The molecule has 0 spiro atoms. The maximum atomic E-state index is 3.67. The molecule has 0 aromatic rings. The van der Waals surface area contributed by atoms with Crippen LogP contribution in [0.25, 0.3) is 0 Å². The summed E-state index contributed by atoms with van der Waals surface area (Å²) in [7, 11) is 0. The van der Waals surface area contributed by atoms with Crippen molar-refractivity contribution in [2.45, 2.75) is 32.1 Å². The lowest BCUT2D eigenvalue weighted by Gasteiger charge is -1.90. The van der Waals surface area contributed by atoms with E-state index in [-0.39, 0.29) is 0 Å². The van der Waals surface area contributed by atoms with Crippen molar-refractivity contribution in [3.05, 3.63) is 24.8 Å². The zero-order chi connectivity index (χ0) is 8.36. The summed E-state index contributed by atoms with van der Waals surface area (Å²) < 4.78 is 1.29. The molecule has 1 heteroatoms. The monoisotopic (exact) mass is 264 g/mol. The first kappa shape index (κ1) is 11.2. The molecule has 0 saturated heterocycles. The van der Waals surface area contributed by atoms with Crippen molar-refractivity contribution in [1.82, 2.24) is 0 Å². The van der Waals surface area contributed by atoms with Crippen LogP contribution in [0.2, 0.25) is 0 Å². The lowest BCUT2D eigenvalue weighted by atomic mass is 10.2. The van der Waals surface area contributed by atoms with Crippen molar-refractivity contribution in [3.8, 4) is 0 Å². The maximum absolute atomic E-state index is 3.67. The highest BCUT2D eigenvalue weighted by Crippen LogP contribution is 2.01. The number of halogens is 1. The van der Waals surface area contributed by atoms with E-state index >= 15 is 0 Å². The fourth-order valence-electron chi connectivity index (χ4n) is 0.806. The summed E-state index contributed by atoms with van der Waals surface area (Å²) in [4.78, 5) is 0. The minimum atomic E-state index is 1.11. The molecule has 0 radical (unpaired) electrons. The number of unbranched alkanes of at least 4 members (excludes halogenated alkanes) is 3. The van der Waals surface area contributed by atoms with Gasteiger partial charge in [-0.05, 0) is 36.5 Å². The van der Waals surface area contributed by atoms with Gasteiger partial charge in [0.05, 0.1) is 0 Å². The summed E-state index contributed by atoms with van der Waals surface area (Å²) >= 11 is 2.42. The molecule has 0 fully saturated rings. The minimum Gasteiger partial charge on any atom is -0.103 e. The minimum absolute atomic E-state index is 1.11. The maximum Gasteiger partial charge on any atom is -0.000462 e. The first-order chi connectivity index (χ1) is 5.41. The lowest BCUT2D eigenvalue weighted by Crippen LogP contribution is -1.73. The van der Waals surface area contributed by atoms with E-state index in [9.17, 15) is 0 Å². The van der Waals surface area contributed by atoms with Crippen LogP contribution < -0.4 is 0 Å². The van der Waals surface area contributed by atoms with E-state index < -0.39 is 0 Å². The summed E-state index contributed by atoms with van der Waals surface area (Å²) in [6.45, 7) is 3.67. The second kappa shape index (κ2) is 10.2. The highest BCUT2D eigenvalue weighted by atomic mass is 127. The van der Waals surface area contributed by atoms with E-state index in [2.05, 4.69) is 41.3 Å². The van der Waals surface area contributed by atoms with Gasteiger partial charge >= 0.3 is 0 Å². The van der Waals surface area contributed by atoms with Crippen LogP contribution in [0, 0.1) is 0 Å². The predicted octanol–water partition coefficient (Wildman–Crippen LogP) is 4.11. The van der Waals surface area contributed by atoms with Crippen molar-refractivity contribution in [2.75, 3.05) is 4.43 Å². The van der Waals surface area contributed by atoms with Gasteiger partial charge in [-0.2, -0.15) is 0 Å². The molecule has 0 rings (SSSR count). The molecule has 64 valence electrons. The van der Waals surface area contributed by atoms with Gasteiger partial charge < -0.3 is 0 Å². The molecule has 0 aliphatic carbocycles. The first-order valence-electron chi connectivity index (χ1n) is 4.23. The van der Waals surface area contributed by atoms with Crippen LogP contribution in [0.5, 0.6) is 0 Å². The van der Waals surface area contributed by atoms with Gasteiger partial charge in [-0.3, -0.25) is 0 Å². The Morgan fingerprint density at radius 1 is 1.00 bits per heavy atom. The molecule has 0 aliphatic rings. The third kappa shape index (κ3) is 10.2. The van der Waals surface area contributed by atoms with Crippen molar-refractivity contribution >= 4 is 22.6 Å². The average molecular weight is 264 g/mol. The quantitative estimate of drug-likeness (QED) is 0.281. The van der Waals surface area contributed by atoms with E-state index in [4.69, 9.17) is 0 Å². The SMILES string of the molecule is C=CCC/C=C\CCCCI. The Balaban J connectivity index is 2.97. The Morgan fingerprint density at radius 2 is 1.73 bits per heavy atom. The third-order valence-electron chi connectivity index (χ3n) is 1.46. The van der Waals surface area contributed by atoms with Crippen molar-refractivity contribution < 1.29 is 0 Å². The topological polar surface area (TPSA) is 0 Å². The van der Waals surface area contributed by atoms with Gasteiger partial charge in [0.1, 0.15) is 0 Å². The molecule has 11 heavy (non-hydrogen) atoms. The summed E-state index contributed by atoms with van der Waals surface area (Å²) in [5.41, 5.74) is 0. The number of hydrogen-bond donors (Lipinski definition) is 0. The molecule has 0 bridgehead atoms. The van der Waals surface area contributed by atoms with Gasteiger partial charge in [0.2, 0.25) is 0 Å². The molecule has 0 atom stereocenters. The van der Waals surface area contributed by atoms with Crippen LogP contribution in [0.1, 0.15) is 32.1 Å². The Labute approximate surface area is 83.9 Å². The van der Waals surface area contributed by atoms with Crippen LogP contribution in [-0.4, -0.2) is 4.43 Å². The first-order valence-corrected chi connectivity index (χ1v) is 5.76. The smallest absolute Gasteiger partial charge is 0.000462 e. The molecule has 0 N–H and O–H groups in total. The number of rotatable bonds is 7. The molecule has 0 nitrogen and oxygen atoms in total. The highest BCUT2D eigenvalue weighted by Gasteiger charge is 1.81. The summed E-state index contributed by atoms with van der Waals surface area (Å²) in [6, 6.07) is 0. The van der Waals surface area contributed by atoms with Crippen LogP contribution in [0.15, 0.2) is 24.8 Å². The van der Waals surface area contributed by atoms with Gasteiger partial charge in [0.25, 0.3) is 0 Å². The normalized spacial score (nSPS) is 10.6. The van der Waals surface area contributed by atoms with Gasteiger partial charge in [-0.25, -0.2) is 0 Å². The molecule has 0 amide bonds. The van der Waals surface area contributed by atoms with Gasteiger partial charge in [0, 0.05) is 0 Å². The fourth-order valence-corrected chi connectivity index (χ4v) is 1.35. The van der Waals surface area contributed by atoms with Crippen LogP contribution in [0.4, 0.5) is 0 Å². The Kier molecular flexibility index (Phi) is 10.4. The third-order valence-corrected chi connectivity index (χ3v) is 2.22. The van der Waals surface area contributed by atoms with Crippen LogP contribution in [0.3, 0.4) is 0 Å². The summed E-state index contributed by atoms with van der Waals surface area (Å²) in [5.74, 6) is 0. The van der Waals surface area contributed by atoms with E-state index in [1.165, 1.54) is 23.7 Å². The summed E-state index contributed by atoms with van der Waals surface area (Å²) in [5, 5.41) is 0. The molecule has 0 aliphatic heterocycles. The average Bonchev–Trinajstić information content (AvgIpc) is 2.03. The molecular formula is C10H17I. The number of alkyl halides is 1. The molecule has 0 aromatic carbocycles. The van der Waals surface area contributed by atoms with Crippen LogP contribution in [-0.2, 0) is 0 Å². The largest absolute Gasteiger partial charge is 0.103 e.